The lowest BCUT2D eigenvalue weighted by atomic mass is 10.1. The minimum Gasteiger partial charge on any atom is -0.493 e. The molecular formula is C17H20BrNO3. The van der Waals surface area contributed by atoms with Gasteiger partial charge in [-0.1, -0.05) is 34.1 Å². The Labute approximate surface area is 139 Å². The van der Waals surface area contributed by atoms with Gasteiger partial charge in [-0.25, -0.2) is 0 Å². The van der Waals surface area contributed by atoms with Crippen LogP contribution in [0.25, 0.3) is 0 Å². The van der Waals surface area contributed by atoms with Crippen LogP contribution in [-0.2, 0) is 13.0 Å². The number of aliphatic hydroxyl groups is 1. The molecule has 2 rings (SSSR count). The Kier molecular flexibility index (Phi) is 6.10. The van der Waals surface area contributed by atoms with Crippen molar-refractivity contribution >= 4 is 21.6 Å². The molecule has 0 radical (unpaired) electrons. The predicted molar refractivity (Wildman–Crippen MR) is 91.8 cm³/mol. The Balaban J connectivity index is 2.18. The highest BCUT2D eigenvalue weighted by molar-refractivity contribution is 9.10. The van der Waals surface area contributed by atoms with Crippen molar-refractivity contribution in [3.8, 4) is 11.5 Å². The summed E-state index contributed by atoms with van der Waals surface area (Å²) in [4.78, 5) is 0. The third-order valence-electron chi connectivity index (χ3n) is 3.42. The molecule has 0 saturated carbocycles. The number of ether oxygens (including phenoxy) is 2. The molecule has 0 aliphatic heterocycles. The number of aliphatic hydroxyl groups excluding tert-OH is 1. The van der Waals surface area contributed by atoms with E-state index in [1.165, 1.54) is 0 Å². The van der Waals surface area contributed by atoms with Crippen molar-refractivity contribution in [2.75, 3.05) is 26.1 Å². The Morgan fingerprint density at radius 2 is 1.73 bits per heavy atom. The van der Waals surface area contributed by atoms with Gasteiger partial charge in [-0.2, -0.15) is 0 Å². The van der Waals surface area contributed by atoms with Gasteiger partial charge in [0.1, 0.15) is 0 Å². The molecule has 22 heavy (non-hydrogen) atoms. The second-order valence-corrected chi connectivity index (χ2v) is 5.64. The van der Waals surface area contributed by atoms with Gasteiger partial charge in [-0.05, 0) is 35.7 Å². The summed E-state index contributed by atoms with van der Waals surface area (Å²) in [6.45, 7) is 0.780. The van der Waals surface area contributed by atoms with Crippen molar-refractivity contribution in [1.82, 2.24) is 0 Å². The molecule has 2 aromatic carbocycles. The first-order valence-corrected chi connectivity index (χ1v) is 7.82. The topological polar surface area (TPSA) is 50.7 Å². The highest BCUT2D eigenvalue weighted by atomic mass is 79.9. The minimum absolute atomic E-state index is 0.138. The molecule has 118 valence electrons. The van der Waals surface area contributed by atoms with Gasteiger partial charge in [-0.3, -0.25) is 0 Å². The maximum Gasteiger partial charge on any atom is 0.161 e. The number of rotatable bonds is 7. The zero-order valence-corrected chi connectivity index (χ0v) is 14.3. The van der Waals surface area contributed by atoms with Gasteiger partial charge in [0.25, 0.3) is 0 Å². The summed E-state index contributed by atoms with van der Waals surface area (Å²) < 4.78 is 11.6. The number of para-hydroxylation sites is 1. The molecule has 0 amide bonds. The summed E-state index contributed by atoms with van der Waals surface area (Å²) in [5.41, 5.74) is 3.19. The van der Waals surface area contributed by atoms with Gasteiger partial charge in [0.15, 0.2) is 11.5 Å². The first-order valence-electron chi connectivity index (χ1n) is 7.02. The Morgan fingerprint density at radius 1 is 1.05 bits per heavy atom. The van der Waals surface area contributed by atoms with E-state index in [2.05, 4.69) is 21.2 Å². The summed E-state index contributed by atoms with van der Waals surface area (Å²) in [6, 6.07) is 11.8. The Morgan fingerprint density at radius 3 is 2.41 bits per heavy atom. The zero-order chi connectivity index (χ0) is 15.9. The summed E-state index contributed by atoms with van der Waals surface area (Å²) in [5, 5.41) is 12.5. The predicted octanol–water partition coefficient (Wildman–Crippen LogP) is 3.61. The van der Waals surface area contributed by atoms with Crippen LogP contribution in [0.5, 0.6) is 11.5 Å². The van der Waals surface area contributed by atoms with Gasteiger partial charge in [0.2, 0.25) is 0 Å². The molecule has 0 heterocycles. The van der Waals surface area contributed by atoms with Crippen molar-refractivity contribution in [1.29, 1.82) is 0 Å². The van der Waals surface area contributed by atoms with E-state index in [4.69, 9.17) is 14.6 Å². The van der Waals surface area contributed by atoms with Gasteiger partial charge < -0.3 is 19.9 Å². The smallest absolute Gasteiger partial charge is 0.161 e. The van der Waals surface area contributed by atoms with E-state index in [1.54, 1.807) is 14.2 Å². The van der Waals surface area contributed by atoms with Crippen molar-refractivity contribution in [3.05, 3.63) is 52.0 Å². The van der Waals surface area contributed by atoms with E-state index >= 15 is 0 Å². The van der Waals surface area contributed by atoms with Crippen LogP contribution in [0.3, 0.4) is 0 Å². The highest BCUT2D eigenvalue weighted by Crippen LogP contribution is 2.33. The van der Waals surface area contributed by atoms with Crippen LogP contribution >= 0.6 is 15.9 Å². The van der Waals surface area contributed by atoms with Gasteiger partial charge in [0, 0.05) is 23.3 Å². The van der Waals surface area contributed by atoms with Crippen LogP contribution in [0.4, 0.5) is 5.69 Å². The monoisotopic (exact) mass is 365 g/mol. The Hall–Kier alpha value is -1.72. The molecule has 4 nitrogen and oxygen atoms in total. The van der Waals surface area contributed by atoms with Crippen LogP contribution < -0.4 is 14.8 Å². The van der Waals surface area contributed by atoms with Gasteiger partial charge >= 0.3 is 0 Å². The minimum atomic E-state index is 0.138. The average Bonchev–Trinajstić information content (AvgIpc) is 2.55. The number of hydrogen-bond acceptors (Lipinski definition) is 4. The van der Waals surface area contributed by atoms with Crippen LogP contribution in [-0.4, -0.2) is 25.9 Å². The fraction of sp³-hybridized carbons (Fsp3) is 0.294. The summed E-state index contributed by atoms with van der Waals surface area (Å²) >= 11 is 3.56. The fourth-order valence-electron chi connectivity index (χ4n) is 2.25. The normalized spacial score (nSPS) is 10.4. The number of methoxy groups -OCH3 is 2. The quantitative estimate of drug-likeness (QED) is 0.786. The molecule has 0 atom stereocenters. The van der Waals surface area contributed by atoms with Crippen molar-refractivity contribution in [2.45, 2.75) is 13.0 Å². The first kappa shape index (κ1) is 16.6. The first-order chi connectivity index (χ1) is 10.7. The van der Waals surface area contributed by atoms with Crippen LogP contribution in [0, 0.1) is 0 Å². The fourth-order valence-corrected chi connectivity index (χ4v) is 2.72. The standard InChI is InChI=1S/C17H20BrNO3/c1-21-16-9-13(14(18)10-17(16)22-2)11-19-15-6-4-3-5-12(15)7-8-20/h3-6,9-10,19-20H,7-8,11H2,1-2H3. The molecule has 5 heteroatoms. The van der Waals surface area contributed by atoms with E-state index in [1.807, 2.05) is 36.4 Å². The lowest BCUT2D eigenvalue weighted by Crippen LogP contribution is -2.05. The van der Waals surface area contributed by atoms with E-state index < -0.39 is 0 Å². The number of hydrogen-bond donors (Lipinski definition) is 2. The maximum absolute atomic E-state index is 9.13. The second kappa shape index (κ2) is 8.06. The molecule has 0 fully saturated rings. The van der Waals surface area contributed by atoms with Crippen molar-refractivity contribution in [3.63, 3.8) is 0 Å². The Bertz CT molecular complexity index is 631. The van der Waals surface area contributed by atoms with E-state index in [-0.39, 0.29) is 6.61 Å². The van der Waals surface area contributed by atoms with E-state index in [0.717, 1.165) is 21.3 Å². The lowest BCUT2D eigenvalue weighted by Gasteiger charge is -2.15. The molecule has 0 bridgehead atoms. The number of halogens is 1. The summed E-state index contributed by atoms with van der Waals surface area (Å²) in [7, 11) is 3.24. The highest BCUT2D eigenvalue weighted by Gasteiger charge is 2.10. The summed E-state index contributed by atoms with van der Waals surface area (Å²) in [6.07, 6.45) is 0.635. The van der Waals surface area contributed by atoms with E-state index in [9.17, 15) is 0 Å². The molecule has 2 N–H and O–H groups in total. The zero-order valence-electron chi connectivity index (χ0n) is 12.7. The molecule has 0 aromatic heterocycles. The molecular weight excluding hydrogens is 346 g/mol. The third kappa shape index (κ3) is 3.93. The molecule has 0 unspecified atom stereocenters. The molecule has 2 aromatic rings. The second-order valence-electron chi connectivity index (χ2n) is 4.78. The number of benzene rings is 2. The van der Waals surface area contributed by atoms with Crippen molar-refractivity contribution in [2.24, 2.45) is 0 Å². The van der Waals surface area contributed by atoms with Crippen LogP contribution in [0.15, 0.2) is 40.9 Å². The van der Waals surface area contributed by atoms with Crippen LogP contribution in [0.2, 0.25) is 0 Å². The van der Waals surface area contributed by atoms with Crippen molar-refractivity contribution < 1.29 is 14.6 Å². The number of anilines is 1. The summed E-state index contributed by atoms with van der Waals surface area (Å²) in [5.74, 6) is 1.39. The molecule has 0 aliphatic rings. The van der Waals surface area contributed by atoms with E-state index in [0.29, 0.717) is 24.5 Å². The average molecular weight is 366 g/mol. The number of nitrogens with one attached hydrogen (secondary N) is 1. The largest absolute Gasteiger partial charge is 0.493 e. The molecule has 0 spiro atoms. The third-order valence-corrected chi connectivity index (χ3v) is 4.16. The molecule has 0 aliphatic carbocycles. The maximum atomic E-state index is 9.13. The van der Waals surface area contributed by atoms with Gasteiger partial charge in [0.05, 0.1) is 14.2 Å². The SMILES string of the molecule is COc1cc(Br)c(CNc2ccccc2CCO)cc1OC. The lowest BCUT2D eigenvalue weighted by molar-refractivity contribution is 0.300. The van der Waals surface area contributed by atoms with Gasteiger partial charge in [-0.15, -0.1) is 0 Å². The van der Waals surface area contributed by atoms with Crippen LogP contribution in [0.1, 0.15) is 11.1 Å². The molecule has 0 saturated heterocycles.